The Hall–Kier alpha value is -1.34. The van der Waals surface area contributed by atoms with E-state index >= 15 is 0 Å². The Kier molecular flexibility index (Phi) is 5.56. The number of amides is 2. The molecule has 2 amide bonds. The molecule has 7 heteroatoms. The number of urea groups is 1. The van der Waals surface area contributed by atoms with Gasteiger partial charge in [0.2, 0.25) is 0 Å². The van der Waals surface area contributed by atoms with E-state index in [-0.39, 0.29) is 19.2 Å². The Morgan fingerprint density at radius 1 is 1.58 bits per heavy atom. The van der Waals surface area contributed by atoms with Crippen LogP contribution in [-0.2, 0) is 14.3 Å². The third kappa shape index (κ3) is 3.57. The fourth-order valence-corrected chi connectivity index (χ4v) is 1.93. The zero-order chi connectivity index (χ0) is 14.5. The summed E-state index contributed by atoms with van der Waals surface area (Å²) in [6.45, 7) is 5.21. The van der Waals surface area contributed by atoms with Gasteiger partial charge in [-0.05, 0) is 13.8 Å². The molecule has 1 saturated heterocycles. The van der Waals surface area contributed by atoms with Gasteiger partial charge in [0.15, 0.2) is 0 Å². The molecular weight excluding hydrogens is 252 g/mol. The normalized spacial score (nSPS) is 26.2. The zero-order valence-electron chi connectivity index (χ0n) is 11.6. The van der Waals surface area contributed by atoms with E-state index in [1.54, 1.807) is 18.9 Å². The molecule has 7 nitrogen and oxygen atoms in total. The van der Waals surface area contributed by atoms with Crippen LogP contribution in [0.1, 0.15) is 13.8 Å². The number of carboxylic acids is 1. The van der Waals surface area contributed by atoms with Crippen LogP contribution < -0.4 is 5.32 Å². The minimum absolute atomic E-state index is 0.109. The van der Waals surface area contributed by atoms with Gasteiger partial charge in [0.1, 0.15) is 5.41 Å². The largest absolute Gasteiger partial charge is 0.481 e. The van der Waals surface area contributed by atoms with Gasteiger partial charge in [0.25, 0.3) is 0 Å². The van der Waals surface area contributed by atoms with Crippen molar-refractivity contribution < 1.29 is 24.2 Å². The second-order valence-electron chi connectivity index (χ2n) is 4.81. The molecule has 1 aliphatic heterocycles. The molecule has 2 N–H and O–H groups in total. The summed E-state index contributed by atoms with van der Waals surface area (Å²) in [7, 11) is 1.57. The fourth-order valence-electron chi connectivity index (χ4n) is 1.93. The van der Waals surface area contributed by atoms with E-state index in [0.29, 0.717) is 19.7 Å². The highest BCUT2D eigenvalue weighted by molar-refractivity contribution is 5.79. The van der Waals surface area contributed by atoms with Crippen LogP contribution in [-0.4, -0.2) is 68.1 Å². The fraction of sp³-hybridized carbons (Fsp3) is 0.833. The molecule has 1 rings (SSSR count). The minimum atomic E-state index is -1.07. The summed E-state index contributed by atoms with van der Waals surface area (Å²) in [6.07, 6.45) is 0. The Labute approximate surface area is 112 Å². The van der Waals surface area contributed by atoms with Crippen molar-refractivity contribution in [3.63, 3.8) is 0 Å². The molecule has 0 saturated carbocycles. The smallest absolute Gasteiger partial charge is 0.317 e. The van der Waals surface area contributed by atoms with Crippen LogP contribution in [0.4, 0.5) is 4.79 Å². The highest BCUT2D eigenvalue weighted by atomic mass is 16.5. The van der Waals surface area contributed by atoms with Crippen LogP contribution >= 0.6 is 0 Å². The van der Waals surface area contributed by atoms with Gasteiger partial charge in [-0.1, -0.05) is 0 Å². The number of hydrogen-bond acceptors (Lipinski definition) is 4. The van der Waals surface area contributed by atoms with E-state index in [9.17, 15) is 14.7 Å². The molecule has 2 atom stereocenters. The molecule has 0 aromatic heterocycles. The van der Waals surface area contributed by atoms with E-state index in [1.807, 2.05) is 6.92 Å². The van der Waals surface area contributed by atoms with E-state index in [0.717, 1.165) is 0 Å². The molecule has 19 heavy (non-hydrogen) atoms. The number of methoxy groups -OCH3 is 1. The summed E-state index contributed by atoms with van der Waals surface area (Å²) in [5, 5.41) is 12.0. The van der Waals surface area contributed by atoms with Crippen LogP contribution in [0.5, 0.6) is 0 Å². The third-order valence-corrected chi connectivity index (χ3v) is 3.48. The number of nitrogens with one attached hydrogen (secondary N) is 1. The van der Waals surface area contributed by atoms with Gasteiger partial charge in [-0.3, -0.25) is 4.79 Å². The zero-order valence-corrected chi connectivity index (χ0v) is 11.6. The summed E-state index contributed by atoms with van der Waals surface area (Å²) in [5.74, 6) is -0.963. The molecule has 2 unspecified atom stereocenters. The van der Waals surface area contributed by atoms with E-state index in [2.05, 4.69) is 5.32 Å². The Morgan fingerprint density at radius 2 is 2.26 bits per heavy atom. The number of carbonyl (C=O) groups excluding carboxylic acids is 1. The predicted octanol–water partition coefficient (Wildman–Crippen LogP) is 0.154. The quantitative estimate of drug-likeness (QED) is 0.720. The lowest BCUT2D eigenvalue weighted by molar-refractivity contribution is -0.148. The van der Waals surface area contributed by atoms with Gasteiger partial charge in [-0.2, -0.15) is 0 Å². The first kappa shape index (κ1) is 15.7. The number of hydrogen-bond donors (Lipinski definition) is 2. The Balaban J connectivity index is 2.62. The number of carboxylic acid groups (broad SMARTS) is 1. The maximum absolute atomic E-state index is 12.1. The summed E-state index contributed by atoms with van der Waals surface area (Å²) >= 11 is 0. The summed E-state index contributed by atoms with van der Waals surface area (Å²) in [5.41, 5.74) is -1.07. The molecule has 1 fully saturated rings. The average molecular weight is 274 g/mol. The number of rotatable bonds is 6. The highest BCUT2D eigenvalue weighted by Gasteiger charge is 2.47. The molecule has 0 aromatic rings. The van der Waals surface area contributed by atoms with Gasteiger partial charge >= 0.3 is 12.0 Å². The molecule has 0 spiro atoms. The third-order valence-electron chi connectivity index (χ3n) is 3.48. The average Bonchev–Trinajstić information content (AvgIpc) is 2.73. The second-order valence-corrected chi connectivity index (χ2v) is 4.81. The van der Waals surface area contributed by atoms with E-state index in [4.69, 9.17) is 9.47 Å². The summed E-state index contributed by atoms with van der Waals surface area (Å²) in [4.78, 5) is 24.9. The van der Waals surface area contributed by atoms with Crippen molar-refractivity contribution in [3.05, 3.63) is 0 Å². The van der Waals surface area contributed by atoms with E-state index < -0.39 is 17.4 Å². The first-order valence-electron chi connectivity index (χ1n) is 6.31. The highest BCUT2D eigenvalue weighted by Crippen LogP contribution is 2.28. The maximum Gasteiger partial charge on any atom is 0.317 e. The van der Waals surface area contributed by atoms with Crippen LogP contribution in [0.15, 0.2) is 0 Å². The van der Waals surface area contributed by atoms with Gasteiger partial charge < -0.3 is 24.8 Å². The first-order chi connectivity index (χ1) is 8.95. The van der Waals surface area contributed by atoms with Crippen molar-refractivity contribution in [1.82, 2.24) is 10.2 Å². The summed E-state index contributed by atoms with van der Waals surface area (Å²) < 4.78 is 10.1. The van der Waals surface area contributed by atoms with Gasteiger partial charge in [0, 0.05) is 20.2 Å². The molecular formula is C12H22N2O5. The Morgan fingerprint density at radius 3 is 2.79 bits per heavy atom. The number of nitrogens with zero attached hydrogens (tertiary/aromatic N) is 1. The molecule has 0 aromatic carbocycles. The van der Waals surface area contributed by atoms with Crippen molar-refractivity contribution in [1.29, 1.82) is 0 Å². The van der Waals surface area contributed by atoms with Gasteiger partial charge in [0.05, 0.1) is 25.9 Å². The first-order valence-corrected chi connectivity index (χ1v) is 6.31. The van der Waals surface area contributed by atoms with Crippen molar-refractivity contribution in [2.75, 3.05) is 40.0 Å². The summed E-state index contributed by atoms with van der Waals surface area (Å²) in [6, 6.07) is -0.809. The van der Waals surface area contributed by atoms with Gasteiger partial charge in [-0.25, -0.2) is 4.79 Å². The number of aliphatic carboxylic acids is 1. The topological polar surface area (TPSA) is 88.1 Å². The second kappa shape index (κ2) is 6.72. The van der Waals surface area contributed by atoms with Crippen molar-refractivity contribution in [3.8, 4) is 0 Å². The van der Waals surface area contributed by atoms with Crippen molar-refractivity contribution >= 4 is 12.0 Å². The number of carbonyl (C=O) groups is 2. The number of likely N-dealkylation sites (N-methyl/N-ethyl adjacent to an activating group) is 1. The molecule has 110 valence electrons. The molecule has 0 bridgehead atoms. The lowest BCUT2D eigenvalue weighted by Gasteiger charge is -2.29. The van der Waals surface area contributed by atoms with E-state index in [1.165, 1.54) is 0 Å². The number of ether oxygens (including phenoxy) is 2. The van der Waals surface area contributed by atoms with Gasteiger partial charge in [-0.15, -0.1) is 0 Å². The molecule has 1 aliphatic rings. The monoisotopic (exact) mass is 274 g/mol. The molecule has 0 radical (unpaired) electrons. The SMILES string of the molecule is CCN(CCOC)C(=O)NC1COCC1(C)C(=O)O. The van der Waals surface area contributed by atoms with Crippen LogP contribution in [0, 0.1) is 5.41 Å². The van der Waals surface area contributed by atoms with Crippen LogP contribution in [0.2, 0.25) is 0 Å². The standard InChI is InChI=1S/C12H22N2O5/c1-4-14(5-6-18-3)11(17)13-9-7-19-8-12(9,2)10(15)16/h9H,4-8H2,1-3H3,(H,13,17)(H,15,16). The van der Waals surface area contributed by atoms with Crippen molar-refractivity contribution in [2.45, 2.75) is 19.9 Å². The minimum Gasteiger partial charge on any atom is -0.481 e. The predicted molar refractivity (Wildman–Crippen MR) is 68.0 cm³/mol. The lowest BCUT2D eigenvalue weighted by Crippen LogP contribution is -2.53. The molecule has 0 aliphatic carbocycles. The van der Waals surface area contributed by atoms with Crippen molar-refractivity contribution in [2.24, 2.45) is 5.41 Å². The lowest BCUT2D eigenvalue weighted by atomic mass is 9.85. The maximum atomic E-state index is 12.1. The van der Waals surface area contributed by atoms with Crippen LogP contribution in [0.25, 0.3) is 0 Å². The Bertz CT molecular complexity index is 336. The van der Waals surface area contributed by atoms with Crippen LogP contribution in [0.3, 0.4) is 0 Å². The molecule has 1 heterocycles.